The number of ether oxygens (including phenoxy) is 1. The summed E-state index contributed by atoms with van der Waals surface area (Å²) in [5.74, 6) is 0.390. The van der Waals surface area contributed by atoms with Crippen LogP contribution >= 0.6 is 11.6 Å². The maximum atomic E-state index is 12.2. The number of phenols is 1. The van der Waals surface area contributed by atoms with Crippen molar-refractivity contribution in [1.29, 1.82) is 5.26 Å². The Kier molecular flexibility index (Phi) is 6.07. The first-order valence-corrected chi connectivity index (χ1v) is 9.25. The summed E-state index contributed by atoms with van der Waals surface area (Å²) in [6, 6.07) is 12.6. The van der Waals surface area contributed by atoms with Gasteiger partial charge in [-0.15, -0.1) is 0 Å². The topological polar surface area (TPSA) is 87.4 Å². The second-order valence-corrected chi connectivity index (χ2v) is 7.66. The van der Waals surface area contributed by atoms with Gasteiger partial charge in [0.2, 0.25) is 0 Å². The summed E-state index contributed by atoms with van der Waals surface area (Å²) in [7, 11) is -3.38. The summed E-state index contributed by atoms with van der Waals surface area (Å²) in [5.41, 5.74) is 0.630. The van der Waals surface area contributed by atoms with Crippen molar-refractivity contribution in [2.24, 2.45) is 0 Å². The Morgan fingerprint density at radius 2 is 1.88 bits per heavy atom. The molecule has 0 aliphatic carbocycles. The quantitative estimate of drug-likeness (QED) is 0.812. The molecule has 1 N–H and O–H groups in total. The third-order valence-corrected chi connectivity index (χ3v) is 5.46. The summed E-state index contributed by atoms with van der Waals surface area (Å²) in [6.45, 7) is -0.0991. The van der Waals surface area contributed by atoms with Gasteiger partial charge in [0.25, 0.3) is 0 Å². The minimum Gasteiger partial charge on any atom is -0.508 e. The van der Waals surface area contributed by atoms with Crippen LogP contribution < -0.4 is 4.74 Å². The Labute approximate surface area is 146 Å². The molecule has 2 rings (SSSR count). The van der Waals surface area contributed by atoms with E-state index in [9.17, 15) is 13.5 Å². The normalized spacial score (nSPS) is 11.0. The van der Waals surface area contributed by atoms with Crippen molar-refractivity contribution in [2.75, 3.05) is 12.4 Å². The smallest absolute Gasteiger partial charge is 0.178 e. The highest BCUT2D eigenvalue weighted by molar-refractivity contribution is 7.91. The van der Waals surface area contributed by atoms with Gasteiger partial charge >= 0.3 is 0 Å². The van der Waals surface area contributed by atoms with E-state index in [4.69, 9.17) is 21.6 Å². The lowest BCUT2D eigenvalue weighted by Gasteiger charge is -2.08. The zero-order chi connectivity index (χ0) is 17.6. The second-order valence-electron chi connectivity index (χ2n) is 5.11. The number of hydrogen-bond donors (Lipinski definition) is 1. The van der Waals surface area contributed by atoms with E-state index >= 15 is 0 Å². The van der Waals surface area contributed by atoms with Crippen LogP contribution in [0.25, 0.3) is 0 Å². The van der Waals surface area contributed by atoms with Gasteiger partial charge < -0.3 is 9.84 Å². The summed E-state index contributed by atoms with van der Waals surface area (Å²) in [5, 5.41) is 18.9. The van der Waals surface area contributed by atoms with Crippen molar-refractivity contribution in [2.45, 2.75) is 17.7 Å². The number of nitrogens with zero attached hydrogens (tertiary/aromatic N) is 1. The van der Waals surface area contributed by atoms with Gasteiger partial charge in [-0.05, 0) is 48.7 Å². The van der Waals surface area contributed by atoms with Crippen molar-refractivity contribution in [3.8, 4) is 17.6 Å². The maximum absolute atomic E-state index is 12.2. The largest absolute Gasteiger partial charge is 0.508 e. The summed E-state index contributed by atoms with van der Waals surface area (Å²) in [6.07, 6.45) is 0.786. The van der Waals surface area contributed by atoms with Crippen LogP contribution in [0.4, 0.5) is 0 Å². The Bertz CT molecular complexity index is 842. The molecule has 0 saturated carbocycles. The minimum absolute atomic E-state index is 0.0225. The van der Waals surface area contributed by atoms with Gasteiger partial charge in [0, 0.05) is 11.1 Å². The van der Waals surface area contributed by atoms with Gasteiger partial charge in [-0.3, -0.25) is 0 Å². The molecular formula is C17H16ClNO4S. The van der Waals surface area contributed by atoms with E-state index in [1.807, 2.05) is 6.07 Å². The van der Waals surface area contributed by atoms with E-state index in [0.717, 1.165) is 0 Å². The van der Waals surface area contributed by atoms with Crippen molar-refractivity contribution >= 4 is 21.4 Å². The standard InChI is InChI=1S/C17H16ClNO4S/c18-14-4-7-16(8-5-14)24(21,22)11-1-2-13-3-6-15(12-17(13)20)23-10-9-19/h3-8,12,20H,1-2,10-11H2. The number of halogens is 1. The van der Waals surface area contributed by atoms with Gasteiger partial charge in [0.1, 0.15) is 17.6 Å². The van der Waals surface area contributed by atoms with Crippen molar-refractivity contribution < 1.29 is 18.3 Å². The van der Waals surface area contributed by atoms with Crippen LogP contribution in [-0.2, 0) is 16.3 Å². The number of rotatable bonds is 7. The zero-order valence-electron chi connectivity index (χ0n) is 12.8. The first kappa shape index (κ1) is 18.1. The Morgan fingerprint density at radius 3 is 2.50 bits per heavy atom. The van der Waals surface area contributed by atoms with Crippen LogP contribution in [0, 0.1) is 11.3 Å². The lowest BCUT2D eigenvalue weighted by Crippen LogP contribution is -2.07. The van der Waals surface area contributed by atoms with Crippen LogP contribution in [0.1, 0.15) is 12.0 Å². The maximum Gasteiger partial charge on any atom is 0.178 e. The SMILES string of the molecule is N#CCOc1ccc(CCCS(=O)(=O)c2ccc(Cl)cc2)c(O)c1. The minimum atomic E-state index is -3.38. The van der Waals surface area contributed by atoms with Crippen LogP contribution in [0.2, 0.25) is 5.02 Å². The van der Waals surface area contributed by atoms with Crippen LogP contribution in [0.3, 0.4) is 0 Å². The van der Waals surface area contributed by atoms with Crippen molar-refractivity contribution in [3.05, 3.63) is 53.1 Å². The van der Waals surface area contributed by atoms with Gasteiger partial charge in [-0.25, -0.2) is 8.42 Å². The lowest BCUT2D eigenvalue weighted by molar-refractivity contribution is 0.364. The number of benzene rings is 2. The molecule has 2 aromatic carbocycles. The Balaban J connectivity index is 1.96. The fraction of sp³-hybridized carbons (Fsp3) is 0.235. The molecule has 0 aromatic heterocycles. The van der Waals surface area contributed by atoms with Crippen molar-refractivity contribution in [3.63, 3.8) is 0 Å². The van der Waals surface area contributed by atoms with E-state index in [1.54, 1.807) is 24.3 Å². The van der Waals surface area contributed by atoms with Crippen LogP contribution in [-0.4, -0.2) is 25.9 Å². The summed E-state index contributed by atoms with van der Waals surface area (Å²) in [4.78, 5) is 0.233. The predicted octanol–water partition coefficient (Wildman–Crippen LogP) is 3.35. The molecule has 0 radical (unpaired) electrons. The molecule has 0 bridgehead atoms. The molecule has 0 amide bonds. The van der Waals surface area contributed by atoms with Gasteiger partial charge in [-0.1, -0.05) is 17.7 Å². The molecule has 5 nitrogen and oxygen atoms in total. The number of aryl methyl sites for hydroxylation is 1. The first-order chi connectivity index (χ1) is 11.4. The lowest BCUT2D eigenvalue weighted by atomic mass is 10.1. The van der Waals surface area contributed by atoms with Crippen LogP contribution in [0.15, 0.2) is 47.4 Å². The Hall–Kier alpha value is -2.23. The van der Waals surface area contributed by atoms with Crippen molar-refractivity contribution in [1.82, 2.24) is 0 Å². The third kappa shape index (κ3) is 4.88. The summed E-state index contributed by atoms with van der Waals surface area (Å²) < 4.78 is 29.6. The first-order valence-electron chi connectivity index (χ1n) is 7.22. The molecule has 24 heavy (non-hydrogen) atoms. The van der Waals surface area contributed by atoms with E-state index in [2.05, 4.69) is 0 Å². The predicted molar refractivity (Wildman–Crippen MR) is 91.0 cm³/mol. The highest BCUT2D eigenvalue weighted by Gasteiger charge is 2.14. The molecule has 0 aliphatic rings. The Morgan fingerprint density at radius 1 is 1.17 bits per heavy atom. The fourth-order valence-corrected chi connectivity index (χ4v) is 3.61. The molecule has 126 valence electrons. The second kappa shape index (κ2) is 8.04. The summed E-state index contributed by atoms with van der Waals surface area (Å²) >= 11 is 5.76. The van der Waals surface area contributed by atoms with Gasteiger partial charge in [0.15, 0.2) is 16.4 Å². The van der Waals surface area contributed by atoms with Gasteiger partial charge in [-0.2, -0.15) is 5.26 Å². The molecule has 0 heterocycles. The highest BCUT2D eigenvalue weighted by Crippen LogP contribution is 2.25. The molecule has 0 aliphatic heterocycles. The number of sulfone groups is 1. The zero-order valence-corrected chi connectivity index (χ0v) is 14.3. The van der Waals surface area contributed by atoms with E-state index < -0.39 is 9.84 Å². The fourth-order valence-electron chi connectivity index (χ4n) is 2.17. The molecule has 0 unspecified atom stereocenters. The number of hydrogen-bond acceptors (Lipinski definition) is 5. The molecular weight excluding hydrogens is 350 g/mol. The average molecular weight is 366 g/mol. The number of aromatic hydroxyl groups is 1. The molecule has 0 saturated heterocycles. The number of phenolic OH excluding ortho intramolecular Hbond substituents is 1. The molecule has 0 atom stereocenters. The average Bonchev–Trinajstić information content (AvgIpc) is 2.55. The van der Waals surface area contributed by atoms with Gasteiger partial charge in [0.05, 0.1) is 10.6 Å². The van der Waals surface area contributed by atoms with E-state index in [0.29, 0.717) is 29.2 Å². The van der Waals surface area contributed by atoms with Crippen LogP contribution in [0.5, 0.6) is 11.5 Å². The molecule has 0 fully saturated rings. The number of nitriles is 1. The highest BCUT2D eigenvalue weighted by atomic mass is 35.5. The third-order valence-electron chi connectivity index (χ3n) is 3.39. The molecule has 0 spiro atoms. The molecule has 2 aromatic rings. The van der Waals surface area contributed by atoms with E-state index in [-0.39, 0.29) is 23.0 Å². The van der Waals surface area contributed by atoms with E-state index in [1.165, 1.54) is 18.2 Å². The molecule has 7 heteroatoms. The monoisotopic (exact) mass is 365 g/mol.